The molecule has 0 aliphatic rings. The Morgan fingerprint density at radius 2 is 2.07 bits per heavy atom. The van der Waals surface area contributed by atoms with Crippen LogP contribution in [-0.4, -0.2) is 34.1 Å². The van der Waals surface area contributed by atoms with Gasteiger partial charge in [-0.2, -0.15) is 4.98 Å². The van der Waals surface area contributed by atoms with Crippen LogP contribution in [0.1, 0.15) is 35.0 Å². The molecular weight excluding hydrogens is 410 g/mol. The monoisotopic (exact) mass is 427 g/mol. The van der Waals surface area contributed by atoms with Crippen LogP contribution in [0.2, 0.25) is 0 Å². The summed E-state index contributed by atoms with van der Waals surface area (Å²) in [5.74, 6) is -2.42. The highest BCUT2D eigenvalue weighted by atomic mass is 19.4. The first kappa shape index (κ1) is 22.8. The molecule has 0 saturated carbocycles. The number of hydrogen-bond acceptors (Lipinski definition) is 6. The van der Waals surface area contributed by atoms with Crippen molar-refractivity contribution in [1.82, 2.24) is 15.5 Å². The molecule has 0 fully saturated rings. The van der Waals surface area contributed by atoms with Crippen molar-refractivity contribution in [2.24, 2.45) is 0 Å². The Hall–Kier alpha value is -3.47. The molecule has 1 atom stereocenters. The zero-order valence-corrected chi connectivity index (χ0v) is 15.6. The second-order valence-electron chi connectivity index (χ2n) is 5.74. The lowest BCUT2D eigenvalue weighted by Gasteiger charge is -2.12. The summed E-state index contributed by atoms with van der Waals surface area (Å²) in [5.41, 5.74) is 0.0185. The van der Waals surface area contributed by atoms with Gasteiger partial charge in [0.1, 0.15) is 17.6 Å². The normalized spacial score (nSPS) is 13.3. The SMILES string of the molecule is C=C(/C=C\C(=C/C)c1noc([C@H](CO)NC(=O)c2ccccc2F)n1)OC(F)(F)F. The Kier molecular flexibility index (Phi) is 7.48. The van der Waals surface area contributed by atoms with Crippen LogP contribution >= 0.6 is 0 Å². The molecule has 2 rings (SSSR count). The van der Waals surface area contributed by atoms with Crippen LogP contribution in [0.25, 0.3) is 5.57 Å². The fraction of sp³-hybridized carbons (Fsp3) is 0.211. The van der Waals surface area contributed by atoms with Gasteiger partial charge in [-0.3, -0.25) is 4.79 Å². The standard InChI is InChI=1S/C19H17F4N3O4/c1-3-12(9-8-11(2)29-19(21,22)23)16-25-18(30-26-16)15(10-27)24-17(28)13-6-4-5-7-14(13)20/h3-9,15,27H,2,10H2,1H3,(H,24,28)/b9-8-,12-3+/t15-/m0/s1. The lowest BCUT2D eigenvalue weighted by molar-refractivity contribution is -0.303. The largest absolute Gasteiger partial charge is 0.573 e. The van der Waals surface area contributed by atoms with Crippen molar-refractivity contribution in [3.05, 3.63) is 77.9 Å². The van der Waals surface area contributed by atoms with E-state index in [0.29, 0.717) is 0 Å². The molecule has 0 saturated heterocycles. The van der Waals surface area contributed by atoms with Gasteiger partial charge in [-0.15, -0.1) is 13.2 Å². The molecule has 0 aliphatic heterocycles. The number of alkyl halides is 3. The summed E-state index contributed by atoms with van der Waals surface area (Å²) < 4.78 is 58.9. The first-order chi connectivity index (χ1) is 14.1. The molecule has 0 bridgehead atoms. The number of carbonyl (C=O) groups is 1. The van der Waals surface area contributed by atoms with E-state index in [9.17, 15) is 27.5 Å². The van der Waals surface area contributed by atoms with Gasteiger partial charge in [0.25, 0.3) is 11.8 Å². The van der Waals surface area contributed by atoms with Crippen LogP contribution in [0.15, 0.2) is 59.4 Å². The van der Waals surface area contributed by atoms with E-state index >= 15 is 0 Å². The molecule has 11 heteroatoms. The summed E-state index contributed by atoms with van der Waals surface area (Å²) >= 11 is 0. The van der Waals surface area contributed by atoms with Gasteiger partial charge in [-0.05, 0) is 31.2 Å². The maximum absolute atomic E-state index is 13.7. The number of aromatic nitrogens is 2. The van der Waals surface area contributed by atoms with Crippen molar-refractivity contribution < 1.29 is 36.7 Å². The van der Waals surface area contributed by atoms with Gasteiger partial charge in [-0.25, -0.2) is 4.39 Å². The number of nitrogens with one attached hydrogen (secondary N) is 1. The Labute approximate surface area is 168 Å². The molecular formula is C19H17F4N3O4. The van der Waals surface area contributed by atoms with E-state index in [0.717, 1.165) is 12.1 Å². The minimum atomic E-state index is -4.87. The van der Waals surface area contributed by atoms with Gasteiger partial charge in [0, 0.05) is 5.57 Å². The number of aliphatic hydroxyl groups is 1. The summed E-state index contributed by atoms with van der Waals surface area (Å²) in [6, 6.07) is 4.12. The molecule has 1 aromatic carbocycles. The van der Waals surface area contributed by atoms with Gasteiger partial charge in [0.15, 0.2) is 0 Å². The number of hydrogen-bond donors (Lipinski definition) is 2. The third kappa shape index (κ3) is 6.27. The average molecular weight is 427 g/mol. The number of halogens is 4. The number of benzene rings is 1. The highest BCUT2D eigenvalue weighted by Crippen LogP contribution is 2.22. The molecule has 1 heterocycles. The van der Waals surface area contributed by atoms with Crippen molar-refractivity contribution in [1.29, 1.82) is 0 Å². The Morgan fingerprint density at radius 3 is 2.67 bits per heavy atom. The number of amides is 1. The third-order valence-corrected chi connectivity index (χ3v) is 3.61. The van der Waals surface area contributed by atoms with Gasteiger partial charge in [0.05, 0.1) is 12.2 Å². The topological polar surface area (TPSA) is 97.5 Å². The van der Waals surface area contributed by atoms with E-state index in [2.05, 4.69) is 26.8 Å². The van der Waals surface area contributed by atoms with Gasteiger partial charge in [-0.1, -0.05) is 29.9 Å². The number of nitrogens with zero attached hydrogens (tertiary/aromatic N) is 2. The summed E-state index contributed by atoms with van der Waals surface area (Å²) in [7, 11) is 0. The molecule has 0 spiro atoms. The number of ether oxygens (including phenoxy) is 1. The van der Waals surface area contributed by atoms with Crippen LogP contribution in [0.3, 0.4) is 0 Å². The summed E-state index contributed by atoms with van der Waals surface area (Å²) in [4.78, 5) is 16.2. The van der Waals surface area contributed by atoms with Crippen molar-refractivity contribution in [3.63, 3.8) is 0 Å². The molecule has 2 N–H and O–H groups in total. The lowest BCUT2D eigenvalue weighted by Crippen LogP contribution is -2.31. The summed E-state index contributed by atoms with van der Waals surface area (Å²) in [6.45, 7) is 4.07. The van der Waals surface area contributed by atoms with E-state index < -0.39 is 36.5 Å². The Morgan fingerprint density at radius 1 is 1.37 bits per heavy atom. The number of carbonyl (C=O) groups excluding carboxylic acids is 1. The van der Waals surface area contributed by atoms with Crippen molar-refractivity contribution in [3.8, 4) is 0 Å². The van der Waals surface area contributed by atoms with Crippen LogP contribution in [0.5, 0.6) is 0 Å². The fourth-order valence-corrected chi connectivity index (χ4v) is 2.23. The number of rotatable bonds is 8. The van der Waals surface area contributed by atoms with Crippen molar-refractivity contribution in [2.45, 2.75) is 19.3 Å². The summed E-state index contributed by atoms with van der Waals surface area (Å²) in [6.07, 6.45) is -1.21. The zero-order chi connectivity index (χ0) is 22.3. The average Bonchev–Trinajstić information content (AvgIpc) is 3.15. The fourth-order valence-electron chi connectivity index (χ4n) is 2.23. The first-order valence-corrected chi connectivity index (χ1v) is 8.44. The van der Waals surface area contributed by atoms with Crippen LogP contribution < -0.4 is 5.32 Å². The quantitative estimate of drug-likeness (QED) is 0.379. The lowest BCUT2D eigenvalue weighted by atomic mass is 10.2. The molecule has 0 aliphatic carbocycles. The van der Waals surface area contributed by atoms with Gasteiger partial charge < -0.3 is 19.7 Å². The second-order valence-corrected chi connectivity index (χ2v) is 5.74. The second kappa shape index (κ2) is 9.83. The van der Waals surface area contributed by atoms with Crippen LogP contribution in [-0.2, 0) is 4.74 Å². The number of allylic oxidation sites excluding steroid dienone is 4. The maximum Gasteiger partial charge on any atom is 0.573 e. The molecule has 1 amide bonds. The zero-order valence-electron chi connectivity index (χ0n) is 15.6. The maximum atomic E-state index is 13.7. The minimum Gasteiger partial charge on any atom is -0.406 e. The van der Waals surface area contributed by atoms with Gasteiger partial charge >= 0.3 is 6.36 Å². The molecule has 0 unspecified atom stereocenters. The van der Waals surface area contributed by atoms with Crippen LogP contribution in [0, 0.1) is 5.82 Å². The highest BCUT2D eigenvalue weighted by molar-refractivity contribution is 5.94. The molecule has 0 radical (unpaired) electrons. The predicted molar refractivity (Wildman–Crippen MR) is 97.1 cm³/mol. The van der Waals surface area contributed by atoms with Crippen LogP contribution in [0.4, 0.5) is 17.6 Å². The van der Waals surface area contributed by atoms with E-state index in [4.69, 9.17) is 4.52 Å². The summed E-state index contributed by atoms with van der Waals surface area (Å²) in [5, 5.41) is 15.6. The number of aliphatic hydroxyl groups excluding tert-OH is 1. The smallest absolute Gasteiger partial charge is 0.406 e. The molecule has 1 aromatic heterocycles. The van der Waals surface area contributed by atoms with E-state index in [-0.39, 0.29) is 22.9 Å². The molecule has 7 nitrogen and oxygen atoms in total. The predicted octanol–water partition coefficient (Wildman–Crippen LogP) is 3.68. The first-order valence-electron chi connectivity index (χ1n) is 8.44. The van der Waals surface area contributed by atoms with Gasteiger partial charge in [0.2, 0.25) is 5.82 Å². The molecule has 30 heavy (non-hydrogen) atoms. The van der Waals surface area contributed by atoms with E-state index in [1.54, 1.807) is 6.92 Å². The van der Waals surface area contributed by atoms with Crippen molar-refractivity contribution >= 4 is 11.5 Å². The molecule has 160 valence electrons. The highest BCUT2D eigenvalue weighted by Gasteiger charge is 2.31. The Bertz CT molecular complexity index is 967. The van der Waals surface area contributed by atoms with Crippen molar-refractivity contribution in [2.75, 3.05) is 6.61 Å². The Balaban J connectivity index is 2.13. The van der Waals surface area contributed by atoms with E-state index in [1.807, 2.05) is 0 Å². The molecule has 2 aromatic rings. The third-order valence-electron chi connectivity index (χ3n) is 3.61. The van der Waals surface area contributed by atoms with E-state index in [1.165, 1.54) is 30.4 Å². The minimum absolute atomic E-state index is 0.0258.